The van der Waals surface area contributed by atoms with E-state index >= 15 is 0 Å². The predicted molar refractivity (Wildman–Crippen MR) is 59.1 cm³/mol. The molecule has 14 heavy (non-hydrogen) atoms. The van der Waals surface area contributed by atoms with Gasteiger partial charge in [0.2, 0.25) is 0 Å². The van der Waals surface area contributed by atoms with Crippen molar-refractivity contribution in [3.8, 4) is 0 Å². The van der Waals surface area contributed by atoms with Gasteiger partial charge in [0.25, 0.3) is 0 Å². The van der Waals surface area contributed by atoms with Gasteiger partial charge in [0.1, 0.15) is 0 Å². The van der Waals surface area contributed by atoms with Gasteiger partial charge in [0.05, 0.1) is 6.61 Å². The number of allylic oxidation sites excluding steroid dienone is 1. The van der Waals surface area contributed by atoms with Gasteiger partial charge in [-0.1, -0.05) is 25.8 Å². The number of unbranched alkanes of at least 4 members (excludes halogenated alkanes) is 4. The summed E-state index contributed by atoms with van der Waals surface area (Å²) in [6.45, 7) is 6.23. The maximum Gasteiger partial charge on any atom is 0.305 e. The zero-order valence-electron chi connectivity index (χ0n) is 9.26. The van der Waals surface area contributed by atoms with Gasteiger partial charge >= 0.3 is 5.97 Å². The van der Waals surface area contributed by atoms with E-state index in [1.165, 1.54) is 12.8 Å². The van der Waals surface area contributed by atoms with E-state index in [2.05, 4.69) is 6.58 Å². The third-order valence-electron chi connectivity index (χ3n) is 2.01. The largest absolute Gasteiger partial charge is 0.466 e. The summed E-state index contributed by atoms with van der Waals surface area (Å²) in [5, 5.41) is 0. The third kappa shape index (κ3) is 9.30. The Bertz CT molecular complexity index is 152. The van der Waals surface area contributed by atoms with Crippen molar-refractivity contribution in [3.05, 3.63) is 12.7 Å². The lowest BCUT2D eigenvalue weighted by Crippen LogP contribution is -2.04. The molecule has 0 heterocycles. The van der Waals surface area contributed by atoms with Crippen LogP contribution in [0, 0.1) is 0 Å². The van der Waals surface area contributed by atoms with Crippen LogP contribution in [0.1, 0.15) is 51.9 Å². The molecule has 0 N–H and O–H groups in total. The van der Waals surface area contributed by atoms with Gasteiger partial charge < -0.3 is 4.74 Å². The highest BCUT2D eigenvalue weighted by Gasteiger charge is 2.00. The Kier molecular flexibility index (Phi) is 9.71. The Morgan fingerprint density at radius 1 is 1.29 bits per heavy atom. The number of rotatable bonds is 9. The van der Waals surface area contributed by atoms with E-state index < -0.39 is 0 Å². The zero-order chi connectivity index (χ0) is 10.6. The highest BCUT2D eigenvalue weighted by Crippen LogP contribution is 2.06. The van der Waals surface area contributed by atoms with Crippen LogP contribution in [0.3, 0.4) is 0 Å². The standard InChI is InChI=1S/C12H22O2/c1-3-5-6-7-8-9-10-12(13)14-11-4-2/h3H,1,4-11H2,2H3. The molecule has 0 aliphatic rings. The molecule has 2 heteroatoms. The SMILES string of the molecule is C=CCCCCCCC(=O)OCCC. The lowest BCUT2D eigenvalue weighted by Gasteiger charge is -2.02. The molecule has 0 bridgehead atoms. The Hall–Kier alpha value is -0.790. The molecular formula is C12H22O2. The minimum absolute atomic E-state index is 0.0458. The maximum atomic E-state index is 11.1. The predicted octanol–water partition coefficient (Wildman–Crippen LogP) is 3.47. The van der Waals surface area contributed by atoms with Crippen LogP contribution in [0.4, 0.5) is 0 Å². The molecule has 0 unspecified atom stereocenters. The van der Waals surface area contributed by atoms with Gasteiger partial charge in [-0.15, -0.1) is 6.58 Å². The van der Waals surface area contributed by atoms with Crippen molar-refractivity contribution < 1.29 is 9.53 Å². The van der Waals surface area contributed by atoms with Gasteiger partial charge in [-0.25, -0.2) is 0 Å². The number of carbonyl (C=O) groups is 1. The average Bonchev–Trinajstić information content (AvgIpc) is 2.20. The second-order valence-corrected chi connectivity index (χ2v) is 3.46. The fraction of sp³-hybridized carbons (Fsp3) is 0.750. The molecular weight excluding hydrogens is 176 g/mol. The highest BCUT2D eigenvalue weighted by atomic mass is 16.5. The zero-order valence-corrected chi connectivity index (χ0v) is 9.26. The number of hydrogen-bond acceptors (Lipinski definition) is 2. The second kappa shape index (κ2) is 10.3. The summed E-state index contributed by atoms with van der Waals surface area (Å²) >= 11 is 0. The topological polar surface area (TPSA) is 26.3 Å². The summed E-state index contributed by atoms with van der Waals surface area (Å²) in [4.78, 5) is 11.1. The Morgan fingerprint density at radius 2 is 2.00 bits per heavy atom. The average molecular weight is 198 g/mol. The Labute approximate surface area is 87.3 Å². The van der Waals surface area contributed by atoms with Crippen LogP contribution in [-0.2, 0) is 9.53 Å². The summed E-state index contributed by atoms with van der Waals surface area (Å²) in [5.41, 5.74) is 0. The summed E-state index contributed by atoms with van der Waals surface area (Å²) in [6, 6.07) is 0. The monoisotopic (exact) mass is 198 g/mol. The molecule has 0 aromatic carbocycles. The molecule has 0 rings (SSSR count). The number of carbonyl (C=O) groups excluding carboxylic acids is 1. The molecule has 0 aliphatic heterocycles. The van der Waals surface area contributed by atoms with Crippen LogP contribution in [0.5, 0.6) is 0 Å². The van der Waals surface area contributed by atoms with Crippen molar-refractivity contribution in [1.29, 1.82) is 0 Å². The number of ether oxygens (including phenoxy) is 1. The van der Waals surface area contributed by atoms with Crippen LogP contribution >= 0.6 is 0 Å². The fourth-order valence-corrected chi connectivity index (χ4v) is 1.20. The van der Waals surface area contributed by atoms with Crippen molar-refractivity contribution >= 4 is 5.97 Å². The molecule has 0 saturated heterocycles. The van der Waals surface area contributed by atoms with E-state index in [-0.39, 0.29) is 5.97 Å². The van der Waals surface area contributed by atoms with E-state index in [9.17, 15) is 4.79 Å². The van der Waals surface area contributed by atoms with Gasteiger partial charge in [-0.2, -0.15) is 0 Å². The van der Waals surface area contributed by atoms with Crippen LogP contribution in [0.2, 0.25) is 0 Å². The molecule has 0 spiro atoms. The van der Waals surface area contributed by atoms with E-state index in [0.717, 1.165) is 25.7 Å². The van der Waals surface area contributed by atoms with Gasteiger partial charge in [0.15, 0.2) is 0 Å². The van der Waals surface area contributed by atoms with E-state index in [4.69, 9.17) is 4.74 Å². The first-order valence-electron chi connectivity index (χ1n) is 5.57. The first-order valence-corrected chi connectivity index (χ1v) is 5.57. The lowest BCUT2D eigenvalue weighted by atomic mass is 10.1. The number of hydrogen-bond donors (Lipinski definition) is 0. The van der Waals surface area contributed by atoms with Crippen molar-refractivity contribution in [2.75, 3.05) is 6.61 Å². The highest BCUT2D eigenvalue weighted by molar-refractivity contribution is 5.69. The van der Waals surface area contributed by atoms with Crippen molar-refractivity contribution in [2.24, 2.45) is 0 Å². The Balaban J connectivity index is 3.10. The van der Waals surface area contributed by atoms with Gasteiger partial charge in [-0.05, 0) is 25.7 Å². The molecule has 0 aliphatic carbocycles. The summed E-state index contributed by atoms with van der Waals surface area (Å²) in [6.07, 6.45) is 8.96. The molecule has 0 aromatic rings. The minimum Gasteiger partial charge on any atom is -0.466 e. The minimum atomic E-state index is -0.0458. The van der Waals surface area contributed by atoms with E-state index in [1.807, 2.05) is 13.0 Å². The van der Waals surface area contributed by atoms with Gasteiger partial charge in [0, 0.05) is 6.42 Å². The molecule has 0 amide bonds. The van der Waals surface area contributed by atoms with Crippen molar-refractivity contribution in [1.82, 2.24) is 0 Å². The normalized spacial score (nSPS) is 9.79. The van der Waals surface area contributed by atoms with Crippen LogP contribution in [0.25, 0.3) is 0 Å². The summed E-state index contributed by atoms with van der Waals surface area (Å²) < 4.78 is 4.96. The fourth-order valence-electron chi connectivity index (χ4n) is 1.20. The summed E-state index contributed by atoms with van der Waals surface area (Å²) in [5.74, 6) is -0.0458. The molecule has 0 fully saturated rings. The quantitative estimate of drug-likeness (QED) is 0.322. The Morgan fingerprint density at radius 3 is 2.64 bits per heavy atom. The molecule has 82 valence electrons. The number of esters is 1. The molecule has 0 aromatic heterocycles. The molecule has 0 atom stereocenters. The van der Waals surface area contributed by atoms with Crippen LogP contribution < -0.4 is 0 Å². The molecule has 2 nitrogen and oxygen atoms in total. The van der Waals surface area contributed by atoms with Crippen molar-refractivity contribution in [3.63, 3.8) is 0 Å². The van der Waals surface area contributed by atoms with Gasteiger partial charge in [-0.3, -0.25) is 4.79 Å². The van der Waals surface area contributed by atoms with Crippen molar-refractivity contribution in [2.45, 2.75) is 51.9 Å². The van der Waals surface area contributed by atoms with E-state index in [0.29, 0.717) is 13.0 Å². The molecule has 0 radical (unpaired) electrons. The first kappa shape index (κ1) is 13.2. The lowest BCUT2D eigenvalue weighted by molar-refractivity contribution is -0.143. The van der Waals surface area contributed by atoms with Crippen LogP contribution in [-0.4, -0.2) is 12.6 Å². The maximum absolute atomic E-state index is 11.1. The van der Waals surface area contributed by atoms with E-state index in [1.54, 1.807) is 0 Å². The third-order valence-corrected chi connectivity index (χ3v) is 2.01. The molecule has 0 saturated carbocycles. The summed E-state index contributed by atoms with van der Waals surface area (Å²) in [7, 11) is 0. The smallest absolute Gasteiger partial charge is 0.305 e. The second-order valence-electron chi connectivity index (χ2n) is 3.46. The van der Waals surface area contributed by atoms with Crippen LogP contribution in [0.15, 0.2) is 12.7 Å². The first-order chi connectivity index (χ1) is 6.81.